The summed E-state index contributed by atoms with van der Waals surface area (Å²) in [5.74, 6) is 0.0146. The third-order valence-corrected chi connectivity index (χ3v) is 5.72. The Kier molecular flexibility index (Phi) is 5.03. The number of primary amides is 1. The van der Waals surface area contributed by atoms with Crippen LogP contribution in [0.25, 0.3) is 33.1 Å². The van der Waals surface area contributed by atoms with Crippen molar-refractivity contribution in [3.05, 3.63) is 47.5 Å². The summed E-state index contributed by atoms with van der Waals surface area (Å²) in [5.41, 5.74) is 13.7. The first-order chi connectivity index (χ1) is 14.0. The summed E-state index contributed by atoms with van der Waals surface area (Å²) in [4.78, 5) is 33.4. The fourth-order valence-electron chi connectivity index (χ4n) is 2.87. The number of carbonyl (C=O) groups excluding carboxylic acids is 2. The van der Waals surface area contributed by atoms with Gasteiger partial charge in [-0.05, 0) is 24.3 Å². The van der Waals surface area contributed by atoms with E-state index in [0.29, 0.717) is 38.7 Å². The monoisotopic (exact) mass is 471 g/mol. The zero-order valence-corrected chi connectivity index (χ0v) is 17.2. The number of nitrogens with two attached hydrogens (primary N) is 2. The van der Waals surface area contributed by atoms with Crippen LogP contribution in [0.3, 0.4) is 0 Å². The Morgan fingerprint density at radius 1 is 1.21 bits per heavy atom. The standard InChI is InChI=1S/C19H14BrN5O3S/c20-8-12(26)23-10-4-1-3-9(7-10)15-13-14(21)16(17(22)27)29-19(13)25-18(24-15)11-5-2-6-28-11/h1-7H,8,21H2,(H2,22,27)(H,23,26). The lowest BCUT2D eigenvalue weighted by Gasteiger charge is -2.09. The van der Waals surface area contributed by atoms with Gasteiger partial charge in [-0.25, -0.2) is 9.97 Å². The molecule has 146 valence electrons. The molecule has 0 radical (unpaired) electrons. The highest BCUT2D eigenvalue weighted by Gasteiger charge is 2.22. The number of halogens is 1. The van der Waals surface area contributed by atoms with Gasteiger partial charge < -0.3 is 21.2 Å². The van der Waals surface area contributed by atoms with Crippen molar-refractivity contribution in [1.82, 2.24) is 9.97 Å². The largest absolute Gasteiger partial charge is 0.461 e. The van der Waals surface area contributed by atoms with E-state index in [4.69, 9.17) is 15.9 Å². The fourth-order valence-corrected chi connectivity index (χ4v) is 3.96. The van der Waals surface area contributed by atoms with Gasteiger partial charge in [-0.15, -0.1) is 11.3 Å². The Labute approximate surface area is 177 Å². The van der Waals surface area contributed by atoms with E-state index >= 15 is 0 Å². The Morgan fingerprint density at radius 3 is 2.72 bits per heavy atom. The van der Waals surface area contributed by atoms with Crippen LogP contribution in [0.4, 0.5) is 11.4 Å². The number of amides is 2. The van der Waals surface area contributed by atoms with Crippen molar-refractivity contribution < 1.29 is 14.0 Å². The highest BCUT2D eigenvalue weighted by atomic mass is 79.9. The molecule has 0 aliphatic carbocycles. The van der Waals surface area contributed by atoms with E-state index in [0.717, 1.165) is 11.3 Å². The SMILES string of the molecule is NC(=O)c1sc2nc(-c3ccco3)nc(-c3cccc(NC(=O)CBr)c3)c2c1N. The van der Waals surface area contributed by atoms with Crippen molar-refractivity contribution in [2.45, 2.75) is 0 Å². The summed E-state index contributed by atoms with van der Waals surface area (Å²) in [6.45, 7) is 0. The minimum Gasteiger partial charge on any atom is -0.461 e. The third kappa shape index (κ3) is 3.59. The summed E-state index contributed by atoms with van der Waals surface area (Å²) in [5, 5.41) is 3.49. The minimum absolute atomic E-state index is 0.178. The van der Waals surface area contributed by atoms with E-state index in [1.165, 1.54) is 6.26 Å². The molecule has 0 saturated heterocycles. The van der Waals surface area contributed by atoms with E-state index in [9.17, 15) is 9.59 Å². The van der Waals surface area contributed by atoms with E-state index < -0.39 is 5.91 Å². The molecule has 8 nitrogen and oxygen atoms in total. The fraction of sp³-hybridized carbons (Fsp3) is 0.0526. The molecule has 4 rings (SSSR count). The minimum atomic E-state index is -0.630. The number of nitrogens with zero attached hydrogens (tertiary/aromatic N) is 2. The van der Waals surface area contributed by atoms with Gasteiger partial charge in [0.2, 0.25) is 5.91 Å². The molecule has 10 heteroatoms. The van der Waals surface area contributed by atoms with E-state index in [1.807, 2.05) is 6.07 Å². The van der Waals surface area contributed by atoms with Crippen LogP contribution in [0.15, 0.2) is 47.1 Å². The van der Waals surface area contributed by atoms with Gasteiger partial charge in [0.1, 0.15) is 9.71 Å². The van der Waals surface area contributed by atoms with Crippen LogP contribution in [0.1, 0.15) is 9.67 Å². The molecule has 0 spiro atoms. The lowest BCUT2D eigenvalue weighted by atomic mass is 10.1. The van der Waals surface area contributed by atoms with Gasteiger partial charge in [0.05, 0.1) is 28.4 Å². The average molecular weight is 472 g/mol. The number of thiophene rings is 1. The summed E-state index contributed by atoms with van der Waals surface area (Å²) >= 11 is 4.23. The Bertz CT molecular complexity index is 1240. The van der Waals surface area contributed by atoms with E-state index in [1.54, 1.807) is 30.3 Å². The zero-order chi connectivity index (χ0) is 20.5. The van der Waals surface area contributed by atoms with E-state index in [-0.39, 0.29) is 21.8 Å². The molecule has 3 heterocycles. The van der Waals surface area contributed by atoms with Gasteiger partial charge in [-0.3, -0.25) is 9.59 Å². The number of anilines is 2. The van der Waals surface area contributed by atoms with Crippen LogP contribution < -0.4 is 16.8 Å². The molecule has 3 aromatic heterocycles. The number of carbonyl (C=O) groups is 2. The lowest BCUT2D eigenvalue weighted by Crippen LogP contribution is -2.12. The number of nitrogen functional groups attached to an aromatic ring is 1. The molecule has 0 aliphatic heterocycles. The van der Waals surface area contributed by atoms with Gasteiger partial charge in [-0.2, -0.15) is 0 Å². The molecule has 0 saturated carbocycles. The number of nitrogens with one attached hydrogen (secondary N) is 1. The van der Waals surface area contributed by atoms with Crippen molar-refractivity contribution >= 4 is 60.7 Å². The summed E-state index contributed by atoms with van der Waals surface area (Å²) in [6, 6.07) is 10.6. The lowest BCUT2D eigenvalue weighted by molar-refractivity contribution is -0.113. The van der Waals surface area contributed by atoms with Crippen molar-refractivity contribution in [1.29, 1.82) is 0 Å². The number of fused-ring (bicyclic) bond motifs is 1. The van der Waals surface area contributed by atoms with Gasteiger partial charge >= 0.3 is 0 Å². The number of alkyl halides is 1. The Hall–Kier alpha value is -3.24. The van der Waals surface area contributed by atoms with Crippen molar-refractivity contribution in [3.63, 3.8) is 0 Å². The van der Waals surface area contributed by atoms with Gasteiger partial charge in [0.25, 0.3) is 5.91 Å². The molecule has 0 bridgehead atoms. The van der Waals surface area contributed by atoms with E-state index in [2.05, 4.69) is 31.2 Å². The normalized spacial score (nSPS) is 10.9. The second-order valence-electron chi connectivity index (χ2n) is 6.02. The topological polar surface area (TPSA) is 137 Å². The molecule has 5 N–H and O–H groups in total. The third-order valence-electron chi connectivity index (χ3n) is 4.10. The predicted molar refractivity (Wildman–Crippen MR) is 116 cm³/mol. The highest BCUT2D eigenvalue weighted by Crippen LogP contribution is 2.39. The zero-order valence-electron chi connectivity index (χ0n) is 14.8. The maximum Gasteiger partial charge on any atom is 0.260 e. The summed E-state index contributed by atoms with van der Waals surface area (Å²) in [6.07, 6.45) is 1.52. The summed E-state index contributed by atoms with van der Waals surface area (Å²) in [7, 11) is 0. The van der Waals surface area contributed by atoms with Crippen molar-refractivity contribution in [2.75, 3.05) is 16.4 Å². The molecule has 2 amide bonds. The molecule has 0 fully saturated rings. The van der Waals surface area contributed by atoms with Crippen LogP contribution in [-0.2, 0) is 4.79 Å². The second-order valence-corrected chi connectivity index (χ2v) is 7.58. The van der Waals surface area contributed by atoms with Crippen molar-refractivity contribution in [2.24, 2.45) is 5.73 Å². The number of benzene rings is 1. The first kappa shape index (κ1) is 19.1. The molecule has 0 atom stereocenters. The molecule has 4 aromatic rings. The van der Waals surface area contributed by atoms with Crippen LogP contribution in [0.2, 0.25) is 0 Å². The Morgan fingerprint density at radius 2 is 2.03 bits per heavy atom. The van der Waals surface area contributed by atoms with Crippen LogP contribution in [0, 0.1) is 0 Å². The van der Waals surface area contributed by atoms with Crippen molar-refractivity contribution in [3.8, 4) is 22.8 Å². The maximum absolute atomic E-state index is 11.8. The van der Waals surface area contributed by atoms with Gasteiger partial charge in [-0.1, -0.05) is 28.1 Å². The number of furan rings is 1. The number of aromatic nitrogens is 2. The first-order valence-corrected chi connectivity index (χ1v) is 10.3. The smallest absolute Gasteiger partial charge is 0.260 e. The van der Waals surface area contributed by atoms with Crippen LogP contribution in [-0.4, -0.2) is 27.1 Å². The first-order valence-electron chi connectivity index (χ1n) is 8.38. The molecule has 1 aromatic carbocycles. The van der Waals surface area contributed by atoms with Crippen LogP contribution in [0.5, 0.6) is 0 Å². The predicted octanol–water partition coefficient (Wildman–Crippen LogP) is 3.63. The molecular weight excluding hydrogens is 458 g/mol. The molecule has 0 unspecified atom stereocenters. The molecular formula is C19H14BrN5O3S. The highest BCUT2D eigenvalue weighted by molar-refractivity contribution is 9.09. The number of rotatable bonds is 5. The van der Waals surface area contributed by atoms with Crippen LogP contribution >= 0.6 is 27.3 Å². The van der Waals surface area contributed by atoms with Gasteiger partial charge in [0, 0.05) is 11.3 Å². The number of hydrogen-bond acceptors (Lipinski definition) is 7. The summed E-state index contributed by atoms with van der Waals surface area (Å²) < 4.78 is 5.43. The average Bonchev–Trinajstić information content (AvgIpc) is 3.36. The second kappa shape index (κ2) is 7.64. The molecule has 29 heavy (non-hydrogen) atoms. The molecule has 0 aliphatic rings. The van der Waals surface area contributed by atoms with Gasteiger partial charge in [0.15, 0.2) is 11.6 Å². The maximum atomic E-state index is 11.8. The number of hydrogen-bond donors (Lipinski definition) is 3. The quantitative estimate of drug-likeness (QED) is 0.380. The Balaban J connectivity index is 1.96.